The number of carbonyl (C=O) groups is 2. The number of rotatable bonds is 7. The van der Waals surface area contributed by atoms with E-state index in [0.29, 0.717) is 61.3 Å². The van der Waals surface area contributed by atoms with Crippen LogP contribution in [0.25, 0.3) is 10.9 Å². The smallest absolute Gasteiger partial charge is 0.416 e. The monoisotopic (exact) mass is 692 g/mol. The first-order valence-corrected chi connectivity index (χ1v) is 17.2. The van der Waals surface area contributed by atoms with E-state index in [-0.39, 0.29) is 12.2 Å². The van der Waals surface area contributed by atoms with E-state index in [0.717, 1.165) is 66.3 Å². The topological polar surface area (TPSA) is 96.6 Å². The zero-order chi connectivity index (χ0) is 33.0. The van der Waals surface area contributed by atoms with Gasteiger partial charge < -0.3 is 28.8 Å². The summed E-state index contributed by atoms with van der Waals surface area (Å²) in [7, 11) is 0. The van der Waals surface area contributed by atoms with Crippen molar-refractivity contribution in [1.82, 2.24) is 19.7 Å². The lowest BCUT2D eigenvalue weighted by Crippen LogP contribution is -2.43. The molecule has 4 heterocycles. The van der Waals surface area contributed by atoms with Crippen LogP contribution in [0.4, 0.5) is 9.59 Å². The highest BCUT2D eigenvalue weighted by Gasteiger charge is 2.36. The maximum atomic E-state index is 13.6. The molecule has 7 rings (SSSR count). The Labute approximate surface area is 289 Å². The Morgan fingerprint density at radius 2 is 1.54 bits per heavy atom. The molecule has 48 heavy (non-hydrogen) atoms. The number of benzene rings is 3. The number of H-pyrrole nitrogens is 1. The minimum absolute atomic E-state index is 0.0150. The molecule has 0 unspecified atom stereocenters. The first kappa shape index (κ1) is 32.6. The van der Waals surface area contributed by atoms with E-state index in [1.807, 2.05) is 42.5 Å². The van der Waals surface area contributed by atoms with Gasteiger partial charge in [0.05, 0.1) is 13.2 Å². The van der Waals surface area contributed by atoms with Crippen LogP contribution in [0.5, 0.6) is 11.5 Å². The maximum Gasteiger partial charge on any atom is 0.416 e. The first-order valence-electron chi connectivity index (χ1n) is 16.4. The fraction of sp³-hybridized carbons (Fsp3) is 0.389. The largest absolute Gasteiger partial charge is 0.490 e. The van der Waals surface area contributed by atoms with Crippen molar-refractivity contribution in [1.29, 1.82) is 0 Å². The summed E-state index contributed by atoms with van der Waals surface area (Å²) in [6.07, 6.45) is 1.36. The fourth-order valence-corrected chi connectivity index (χ4v) is 7.02. The molecule has 4 aromatic rings. The zero-order valence-electron chi connectivity index (χ0n) is 26.5. The molecule has 0 spiro atoms. The van der Waals surface area contributed by atoms with E-state index in [1.54, 1.807) is 34.1 Å². The average Bonchev–Trinajstić information content (AvgIpc) is 3.48. The predicted molar refractivity (Wildman–Crippen MR) is 183 cm³/mol. The zero-order valence-corrected chi connectivity index (χ0v) is 28.0. The van der Waals surface area contributed by atoms with Crippen LogP contribution >= 0.6 is 23.2 Å². The predicted octanol–water partition coefficient (Wildman–Crippen LogP) is 6.93. The van der Waals surface area contributed by atoms with Gasteiger partial charge in [-0.25, -0.2) is 9.59 Å². The number of aromatic nitrogens is 1. The number of carbonyl (C=O) groups excluding carboxylic acids is 2. The van der Waals surface area contributed by atoms with Crippen LogP contribution in [-0.4, -0.2) is 97.1 Å². The van der Waals surface area contributed by atoms with Gasteiger partial charge in [-0.05, 0) is 72.1 Å². The number of fused-ring (bicyclic) bond motifs is 3. The van der Waals surface area contributed by atoms with Crippen molar-refractivity contribution in [3.05, 3.63) is 93.6 Å². The molecule has 10 nitrogen and oxygen atoms in total. The van der Waals surface area contributed by atoms with Gasteiger partial charge in [-0.2, -0.15) is 0 Å². The van der Waals surface area contributed by atoms with Gasteiger partial charge in [-0.15, -0.1) is 0 Å². The van der Waals surface area contributed by atoms with E-state index < -0.39 is 12.1 Å². The van der Waals surface area contributed by atoms with Crippen molar-refractivity contribution in [3.8, 4) is 11.5 Å². The van der Waals surface area contributed by atoms with Crippen molar-refractivity contribution < 1.29 is 28.5 Å². The second-order valence-electron chi connectivity index (χ2n) is 12.3. The SMILES string of the molecule is O=C(OCCN1CCOCC1)N1CCC(Oc2ccc([C@H]3c4[nH]c5ccc(Cl)cc5c4CCN3C(=O)Oc3ccc(Cl)cc3)cc2)CC1. The minimum Gasteiger partial charge on any atom is -0.490 e. The van der Waals surface area contributed by atoms with Gasteiger partial charge in [0.2, 0.25) is 0 Å². The molecular formula is C36H38Cl2N4O6. The standard InChI is InChI=1S/C36H38Cl2N4O6/c37-25-3-8-28(9-4-25)48-36(44)42-16-13-30-31-23-26(38)5-10-32(31)39-33(30)34(42)24-1-6-27(7-2-24)47-29-11-14-41(15-12-29)35(43)46-22-19-40-17-20-45-21-18-40/h1-10,23,29,34,39H,11-22H2/t34-/m0/s1. The van der Waals surface area contributed by atoms with E-state index >= 15 is 0 Å². The highest BCUT2D eigenvalue weighted by molar-refractivity contribution is 6.31. The molecule has 12 heteroatoms. The molecule has 2 fully saturated rings. The molecule has 2 saturated heterocycles. The molecule has 1 aromatic heterocycles. The van der Waals surface area contributed by atoms with Crippen molar-refractivity contribution in [2.45, 2.75) is 31.4 Å². The van der Waals surface area contributed by atoms with Gasteiger partial charge in [0.25, 0.3) is 0 Å². The lowest BCUT2D eigenvalue weighted by atomic mass is 9.92. The van der Waals surface area contributed by atoms with Crippen LogP contribution in [0.3, 0.4) is 0 Å². The quantitative estimate of drug-likeness (QED) is 0.224. The average molecular weight is 694 g/mol. The molecule has 0 bridgehead atoms. The third-order valence-corrected chi connectivity index (χ3v) is 9.76. The summed E-state index contributed by atoms with van der Waals surface area (Å²) in [5.41, 5.74) is 3.96. The Hall–Kier alpha value is -3.96. The second kappa shape index (κ2) is 14.7. The van der Waals surface area contributed by atoms with Crippen LogP contribution in [0.2, 0.25) is 10.0 Å². The van der Waals surface area contributed by atoms with Gasteiger partial charge in [0, 0.05) is 78.8 Å². The fourth-order valence-electron chi connectivity index (χ4n) is 6.72. The first-order chi connectivity index (χ1) is 23.4. The molecule has 2 amide bonds. The summed E-state index contributed by atoms with van der Waals surface area (Å²) in [6, 6.07) is 20.0. The number of piperidine rings is 1. The Balaban J connectivity index is 1.01. The number of likely N-dealkylation sites (tertiary alicyclic amines) is 1. The third kappa shape index (κ3) is 7.37. The number of morpholine rings is 1. The molecule has 1 atom stereocenters. The van der Waals surface area contributed by atoms with Gasteiger partial charge in [0.1, 0.15) is 30.3 Å². The summed E-state index contributed by atoms with van der Waals surface area (Å²) >= 11 is 12.4. The Bertz CT molecular complexity index is 1730. The highest BCUT2D eigenvalue weighted by atomic mass is 35.5. The summed E-state index contributed by atoms with van der Waals surface area (Å²) < 4.78 is 23.0. The normalized spacial score (nSPS) is 18.8. The molecular weight excluding hydrogens is 655 g/mol. The number of hydrogen-bond acceptors (Lipinski definition) is 7. The molecule has 3 aliphatic rings. The maximum absolute atomic E-state index is 13.6. The van der Waals surface area contributed by atoms with Gasteiger partial charge >= 0.3 is 12.2 Å². The number of halogens is 2. The van der Waals surface area contributed by atoms with Gasteiger partial charge in [0.15, 0.2) is 0 Å². The van der Waals surface area contributed by atoms with Crippen molar-refractivity contribution >= 4 is 46.3 Å². The molecule has 3 aliphatic heterocycles. The number of ether oxygens (including phenoxy) is 4. The van der Waals surface area contributed by atoms with E-state index in [2.05, 4.69) is 9.88 Å². The van der Waals surface area contributed by atoms with Gasteiger partial charge in [-0.3, -0.25) is 9.80 Å². The minimum atomic E-state index is -0.448. The number of amides is 2. The number of hydrogen-bond donors (Lipinski definition) is 1. The van der Waals surface area contributed by atoms with Crippen molar-refractivity contribution in [3.63, 3.8) is 0 Å². The highest BCUT2D eigenvalue weighted by Crippen LogP contribution is 2.40. The molecule has 0 saturated carbocycles. The molecule has 3 aromatic carbocycles. The Kier molecular flexibility index (Phi) is 9.95. The van der Waals surface area contributed by atoms with E-state index in [1.165, 1.54) is 0 Å². The van der Waals surface area contributed by atoms with Crippen LogP contribution < -0.4 is 9.47 Å². The van der Waals surface area contributed by atoms with Crippen LogP contribution in [0.15, 0.2) is 66.7 Å². The summed E-state index contributed by atoms with van der Waals surface area (Å²) in [6.45, 7) is 5.93. The molecule has 1 N–H and O–H groups in total. The van der Waals surface area contributed by atoms with E-state index in [9.17, 15) is 9.59 Å². The van der Waals surface area contributed by atoms with E-state index in [4.69, 9.17) is 42.1 Å². The Morgan fingerprint density at radius 3 is 2.29 bits per heavy atom. The molecule has 252 valence electrons. The second-order valence-corrected chi connectivity index (χ2v) is 13.2. The third-order valence-electron chi connectivity index (χ3n) is 9.28. The molecule has 0 radical (unpaired) electrons. The lowest BCUT2D eigenvalue weighted by Gasteiger charge is -2.35. The van der Waals surface area contributed by atoms with Crippen LogP contribution in [0, 0.1) is 0 Å². The van der Waals surface area contributed by atoms with Crippen molar-refractivity contribution in [2.24, 2.45) is 0 Å². The Morgan fingerprint density at radius 1 is 0.833 bits per heavy atom. The number of nitrogens with one attached hydrogen (secondary N) is 1. The number of nitrogens with zero attached hydrogens (tertiary/aromatic N) is 3. The summed E-state index contributed by atoms with van der Waals surface area (Å²) in [5, 5.41) is 2.29. The molecule has 0 aliphatic carbocycles. The van der Waals surface area contributed by atoms with Crippen molar-refractivity contribution in [2.75, 3.05) is 59.1 Å². The summed E-state index contributed by atoms with van der Waals surface area (Å²) in [4.78, 5) is 35.5. The lowest BCUT2D eigenvalue weighted by molar-refractivity contribution is 0.0220. The van der Waals surface area contributed by atoms with Gasteiger partial charge in [-0.1, -0.05) is 35.3 Å². The van der Waals surface area contributed by atoms with Crippen LogP contribution in [0.1, 0.15) is 35.7 Å². The number of aromatic amines is 1. The summed E-state index contributed by atoms with van der Waals surface area (Å²) in [5.74, 6) is 1.16. The van der Waals surface area contributed by atoms with Crippen LogP contribution in [-0.2, 0) is 15.9 Å².